The molecule has 0 amide bonds. The standard InChI is InChI=1S/C11H11N3/c1-8-3-4-10(13-7-8)11-12-6-5-9(2)14-11/h3-7H,1-2H3. The maximum absolute atomic E-state index is 4.30. The van der Waals surface area contributed by atoms with Crippen molar-refractivity contribution in [2.75, 3.05) is 0 Å². The third-order valence-electron chi connectivity index (χ3n) is 1.94. The molecule has 0 aliphatic heterocycles. The van der Waals surface area contributed by atoms with Crippen LogP contribution in [0.4, 0.5) is 0 Å². The van der Waals surface area contributed by atoms with Crippen molar-refractivity contribution in [1.29, 1.82) is 0 Å². The molecule has 0 aliphatic rings. The van der Waals surface area contributed by atoms with E-state index < -0.39 is 0 Å². The Morgan fingerprint density at radius 1 is 1.00 bits per heavy atom. The largest absolute Gasteiger partial charge is 0.253 e. The Balaban J connectivity index is 2.44. The fourth-order valence-corrected chi connectivity index (χ4v) is 1.17. The van der Waals surface area contributed by atoms with Crippen LogP contribution < -0.4 is 0 Å². The van der Waals surface area contributed by atoms with E-state index in [4.69, 9.17) is 0 Å². The molecule has 2 aromatic heterocycles. The van der Waals surface area contributed by atoms with Crippen LogP contribution >= 0.6 is 0 Å². The minimum atomic E-state index is 0.685. The van der Waals surface area contributed by atoms with Gasteiger partial charge in [0.05, 0.1) is 0 Å². The summed E-state index contributed by atoms with van der Waals surface area (Å²) in [5, 5.41) is 0. The number of nitrogens with zero attached hydrogens (tertiary/aromatic N) is 3. The number of hydrogen-bond acceptors (Lipinski definition) is 3. The van der Waals surface area contributed by atoms with E-state index >= 15 is 0 Å². The first kappa shape index (κ1) is 8.81. The van der Waals surface area contributed by atoms with Crippen LogP contribution in [0.5, 0.6) is 0 Å². The summed E-state index contributed by atoms with van der Waals surface area (Å²) in [6, 6.07) is 5.82. The second kappa shape index (κ2) is 3.54. The van der Waals surface area contributed by atoms with E-state index in [2.05, 4.69) is 15.0 Å². The van der Waals surface area contributed by atoms with Crippen molar-refractivity contribution in [3.05, 3.63) is 41.9 Å². The molecule has 2 rings (SSSR count). The molecule has 0 bridgehead atoms. The topological polar surface area (TPSA) is 38.7 Å². The quantitative estimate of drug-likeness (QED) is 0.683. The monoisotopic (exact) mass is 185 g/mol. The van der Waals surface area contributed by atoms with Crippen LogP contribution in [0.25, 0.3) is 11.5 Å². The van der Waals surface area contributed by atoms with Crippen LogP contribution in [-0.4, -0.2) is 15.0 Å². The molecule has 0 unspecified atom stereocenters. The number of pyridine rings is 1. The molecule has 2 aromatic rings. The minimum absolute atomic E-state index is 0.685. The molecule has 0 atom stereocenters. The summed E-state index contributed by atoms with van der Waals surface area (Å²) in [5.74, 6) is 0.685. The van der Waals surface area contributed by atoms with Crippen molar-refractivity contribution >= 4 is 0 Å². The fourth-order valence-electron chi connectivity index (χ4n) is 1.17. The SMILES string of the molecule is Cc1ccc(-c2nccc(C)n2)nc1. The summed E-state index contributed by atoms with van der Waals surface area (Å²) < 4.78 is 0. The van der Waals surface area contributed by atoms with Gasteiger partial charge in [-0.25, -0.2) is 9.97 Å². The van der Waals surface area contributed by atoms with Gasteiger partial charge in [0.1, 0.15) is 5.69 Å². The molecule has 0 fully saturated rings. The fraction of sp³-hybridized carbons (Fsp3) is 0.182. The smallest absolute Gasteiger partial charge is 0.178 e. The lowest BCUT2D eigenvalue weighted by Gasteiger charge is -1.99. The van der Waals surface area contributed by atoms with E-state index in [0.717, 1.165) is 17.0 Å². The second-order valence-electron chi connectivity index (χ2n) is 3.24. The highest BCUT2D eigenvalue weighted by Gasteiger charge is 2.01. The molecule has 0 aromatic carbocycles. The zero-order valence-corrected chi connectivity index (χ0v) is 8.23. The summed E-state index contributed by atoms with van der Waals surface area (Å²) in [6.07, 6.45) is 3.57. The van der Waals surface area contributed by atoms with E-state index in [-0.39, 0.29) is 0 Å². The van der Waals surface area contributed by atoms with Crippen LogP contribution in [0.1, 0.15) is 11.3 Å². The highest BCUT2D eigenvalue weighted by Crippen LogP contribution is 2.11. The van der Waals surface area contributed by atoms with Crippen molar-refractivity contribution in [2.24, 2.45) is 0 Å². The van der Waals surface area contributed by atoms with E-state index in [1.807, 2.05) is 38.2 Å². The first-order valence-electron chi connectivity index (χ1n) is 4.48. The molecule has 3 heteroatoms. The second-order valence-corrected chi connectivity index (χ2v) is 3.24. The van der Waals surface area contributed by atoms with Crippen molar-refractivity contribution < 1.29 is 0 Å². The first-order valence-corrected chi connectivity index (χ1v) is 4.48. The van der Waals surface area contributed by atoms with Crippen molar-refractivity contribution in [3.8, 4) is 11.5 Å². The van der Waals surface area contributed by atoms with E-state index in [1.54, 1.807) is 6.20 Å². The Bertz CT molecular complexity index is 435. The number of hydrogen-bond donors (Lipinski definition) is 0. The molecule has 0 spiro atoms. The molecule has 3 nitrogen and oxygen atoms in total. The van der Waals surface area contributed by atoms with Crippen molar-refractivity contribution in [2.45, 2.75) is 13.8 Å². The van der Waals surface area contributed by atoms with Gasteiger partial charge in [0.15, 0.2) is 5.82 Å². The Morgan fingerprint density at radius 3 is 2.50 bits per heavy atom. The number of rotatable bonds is 1. The predicted molar refractivity (Wildman–Crippen MR) is 54.7 cm³/mol. The molecule has 70 valence electrons. The number of aryl methyl sites for hydroxylation is 2. The van der Waals surface area contributed by atoms with Gasteiger partial charge in [-0.2, -0.15) is 0 Å². The maximum Gasteiger partial charge on any atom is 0.178 e. The molecule has 0 N–H and O–H groups in total. The van der Waals surface area contributed by atoms with Crippen LogP contribution in [0.2, 0.25) is 0 Å². The molecule has 14 heavy (non-hydrogen) atoms. The molecule has 2 heterocycles. The highest BCUT2D eigenvalue weighted by atomic mass is 14.9. The normalized spacial score (nSPS) is 10.1. The van der Waals surface area contributed by atoms with Gasteiger partial charge in [-0.3, -0.25) is 4.98 Å². The van der Waals surface area contributed by atoms with E-state index in [1.165, 1.54) is 0 Å². The van der Waals surface area contributed by atoms with Crippen molar-refractivity contribution in [1.82, 2.24) is 15.0 Å². The molecule has 0 aliphatic carbocycles. The third kappa shape index (κ3) is 1.76. The lowest BCUT2D eigenvalue weighted by Crippen LogP contribution is -1.92. The van der Waals surface area contributed by atoms with Gasteiger partial charge in [0.25, 0.3) is 0 Å². The van der Waals surface area contributed by atoms with Crippen LogP contribution in [0.15, 0.2) is 30.6 Å². The summed E-state index contributed by atoms with van der Waals surface area (Å²) in [4.78, 5) is 12.7. The zero-order valence-electron chi connectivity index (χ0n) is 8.23. The van der Waals surface area contributed by atoms with Gasteiger partial charge >= 0.3 is 0 Å². The predicted octanol–water partition coefficient (Wildman–Crippen LogP) is 2.16. The first-order chi connectivity index (χ1) is 6.75. The van der Waals surface area contributed by atoms with E-state index in [9.17, 15) is 0 Å². The van der Waals surface area contributed by atoms with E-state index in [0.29, 0.717) is 5.82 Å². The van der Waals surface area contributed by atoms with Crippen LogP contribution in [0.3, 0.4) is 0 Å². The summed E-state index contributed by atoms with van der Waals surface area (Å²) >= 11 is 0. The third-order valence-corrected chi connectivity index (χ3v) is 1.94. The van der Waals surface area contributed by atoms with Gasteiger partial charge in [0.2, 0.25) is 0 Å². The molecular weight excluding hydrogens is 174 g/mol. The van der Waals surface area contributed by atoms with Gasteiger partial charge in [0, 0.05) is 18.1 Å². The number of aromatic nitrogens is 3. The Kier molecular flexibility index (Phi) is 2.23. The van der Waals surface area contributed by atoms with Gasteiger partial charge < -0.3 is 0 Å². The molecule has 0 saturated heterocycles. The van der Waals surface area contributed by atoms with Crippen LogP contribution in [0, 0.1) is 13.8 Å². The van der Waals surface area contributed by atoms with Gasteiger partial charge in [-0.1, -0.05) is 6.07 Å². The lowest BCUT2D eigenvalue weighted by molar-refractivity contribution is 1.09. The Labute approximate surface area is 82.9 Å². The molecule has 0 radical (unpaired) electrons. The summed E-state index contributed by atoms with van der Waals surface area (Å²) in [6.45, 7) is 3.95. The highest BCUT2D eigenvalue weighted by molar-refractivity contribution is 5.48. The Hall–Kier alpha value is -1.77. The molecule has 0 saturated carbocycles. The minimum Gasteiger partial charge on any atom is -0.253 e. The Morgan fingerprint density at radius 2 is 1.86 bits per heavy atom. The van der Waals surface area contributed by atoms with Gasteiger partial charge in [-0.15, -0.1) is 0 Å². The summed E-state index contributed by atoms with van der Waals surface area (Å²) in [7, 11) is 0. The summed E-state index contributed by atoms with van der Waals surface area (Å²) in [5.41, 5.74) is 2.91. The van der Waals surface area contributed by atoms with Crippen LogP contribution in [-0.2, 0) is 0 Å². The molecular formula is C11H11N3. The maximum atomic E-state index is 4.30. The zero-order chi connectivity index (χ0) is 9.97. The lowest BCUT2D eigenvalue weighted by atomic mass is 10.2. The van der Waals surface area contributed by atoms with Crippen molar-refractivity contribution in [3.63, 3.8) is 0 Å². The van der Waals surface area contributed by atoms with Gasteiger partial charge in [-0.05, 0) is 31.5 Å². The average Bonchev–Trinajstić information content (AvgIpc) is 2.19. The average molecular weight is 185 g/mol.